The Kier molecular flexibility index (Phi) is 3.63. The molecule has 2 aliphatic rings. The summed E-state index contributed by atoms with van der Waals surface area (Å²) in [6.45, 7) is 1.99. The van der Waals surface area contributed by atoms with Crippen LogP contribution in [0.15, 0.2) is 18.2 Å². The van der Waals surface area contributed by atoms with Crippen molar-refractivity contribution in [2.45, 2.75) is 38.5 Å². The molecule has 1 N–H and O–H groups in total. The number of nitrogens with zero attached hydrogens (tertiary/aromatic N) is 1. The van der Waals surface area contributed by atoms with Crippen molar-refractivity contribution in [1.29, 1.82) is 0 Å². The second kappa shape index (κ2) is 5.28. The van der Waals surface area contributed by atoms with E-state index in [-0.39, 0.29) is 0 Å². The van der Waals surface area contributed by atoms with E-state index in [1.54, 1.807) is 12.1 Å². The first-order valence-corrected chi connectivity index (χ1v) is 7.75. The first-order chi connectivity index (χ1) is 9.60. The zero-order chi connectivity index (χ0) is 14.2. The fraction of sp³-hybridized carbons (Fsp3) is 0.562. The molecule has 1 aliphatic carbocycles. The Morgan fingerprint density at radius 1 is 1.15 bits per heavy atom. The van der Waals surface area contributed by atoms with Gasteiger partial charge in [0.15, 0.2) is 0 Å². The Balaban J connectivity index is 1.78. The maximum atomic E-state index is 11.4. The normalized spacial score (nSPS) is 21.4. The molecule has 1 spiro atoms. The summed E-state index contributed by atoms with van der Waals surface area (Å²) in [5, 5.41) is 9.80. The third-order valence-corrected chi connectivity index (χ3v) is 4.98. The lowest BCUT2D eigenvalue weighted by Gasteiger charge is -2.52. The van der Waals surface area contributed by atoms with E-state index < -0.39 is 5.97 Å². The standard InChI is InChI=1S/C16H20ClNO2/c17-12-5-6-14(13(9-12)15(19)20)18-10-16(11-18)7-3-1-2-4-8-16/h5-6,9H,1-4,7-8,10-11H2,(H,19,20). The largest absolute Gasteiger partial charge is 0.478 e. The van der Waals surface area contributed by atoms with Crippen LogP contribution in [0.25, 0.3) is 0 Å². The molecule has 108 valence electrons. The van der Waals surface area contributed by atoms with Gasteiger partial charge < -0.3 is 10.0 Å². The van der Waals surface area contributed by atoms with Gasteiger partial charge in [0.25, 0.3) is 0 Å². The summed E-state index contributed by atoms with van der Waals surface area (Å²) in [4.78, 5) is 13.6. The van der Waals surface area contributed by atoms with Crippen molar-refractivity contribution in [3.8, 4) is 0 Å². The summed E-state index contributed by atoms with van der Waals surface area (Å²) in [5.74, 6) is -0.899. The molecule has 0 atom stereocenters. The third-order valence-electron chi connectivity index (χ3n) is 4.75. The lowest BCUT2D eigenvalue weighted by molar-refractivity contribution is 0.0696. The van der Waals surface area contributed by atoms with Gasteiger partial charge in [-0.2, -0.15) is 0 Å². The summed E-state index contributed by atoms with van der Waals surface area (Å²) < 4.78 is 0. The van der Waals surface area contributed by atoms with Crippen LogP contribution in [0.5, 0.6) is 0 Å². The van der Waals surface area contributed by atoms with Crippen LogP contribution in [0.1, 0.15) is 48.9 Å². The number of hydrogen-bond donors (Lipinski definition) is 1. The Hall–Kier alpha value is -1.22. The number of benzene rings is 1. The fourth-order valence-corrected chi connectivity index (χ4v) is 3.86. The van der Waals surface area contributed by atoms with Crippen molar-refractivity contribution in [2.75, 3.05) is 18.0 Å². The van der Waals surface area contributed by atoms with Crippen LogP contribution < -0.4 is 4.90 Å². The number of carboxylic acids is 1. The van der Waals surface area contributed by atoms with Crippen LogP contribution in [-0.2, 0) is 0 Å². The lowest BCUT2D eigenvalue weighted by atomic mass is 9.73. The van der Waals surface area contributed by atoms with E-state index in [4.69, 9.17) is 11.6 Å². The highest BCUT2D eigenvalue weighted by Gasteiger charge is 2.43. The van der Waals surface area contributed by atoms with Gasteiger partial charge in [-0.1, -0.05) is 37.3 Å². The zero-order valence-electron chi connectivity index (χ0n) is 11.6. The van der Waals surface area contributed by atoms with E-state index in [1.807, 2.05) is 6.07 Å². The van der Waals surface area contributed by atoms with Gasteiger partial charge in [0.2, 0.25) is 0 Å². The first-order valence-electron chi connectivity index (χ1n) is 7.38. The maximum absolute atomic E-state index is 11.4. The van der Waals surface area contributed by atoms with Crippen LogP contribution in [0.3, 0.4) is 0 Å². The van der Waals surface area contributed by atoms with Crippen LogP contribution >= 0.6 is 11.6 Å². The van der Waals surface area contributed by atoms with E-state index in [1.165, 1.54) is 38.5 Å². The molecule has 2 fully saturated rings. The van der Waals surface area contributed by atoms with Gasteiger partial charge in [-0.05, 0) is 31.0 Å². The summed E-state index contributed by atoms with van der Waals surface area (Å²) in [5.41, 5.74) is 1.57. The summed E-state index contributed by atoms with van der Waals surface area (Å²) in [7, 11) is 0. The molecule has 3 rings (SSSR count). The van der Waals surface area contributed by atoms with Crippen molar-refractivity contribution in [3.63, 3.8) is 0 Å². The monoisotopic (exact) mass is 293 g/mol. The predicted molar refractivity (Wildman–Crippen MR) is 80.8 cm³/mol. The average molecular weight is 294 g/mol. The van der Waals surface area contributed by atoms with Crippen molar-refractivity contribution in [3.05, 3.63) is 28.8 Å². The topological polar surface area (TPSA) is 40.5 Å². The van der Waals surface area contributed by atoms with E-state index in [0.29, 0.717) is 16.0 Å². The van der Waals surface area contributed by atoms with Crippen LogP contribution in [0.4, 0.5) is 5.69 Å². The van der Waals surface area contributed by atoms with Gasteiger partial charge >= 0.3 is 5.97 Å². The van der Waals surface area contributed by atoms with Crippen LogP contribution in [-0.4, -0.2) is 24.2 Å². The molecule has 20 heavy (non-hydrogen) atoms. The summed E-state index contributed by atoms with van der Waals surface area (Å²) in [6.07, 6.45) is 7.92. The zero-order valence-corrected chi connectivity index (χ0v) is 12.3. The second-order valence-electron chi connectivity index (χ2n) is 6.24. The molecule has 1 saturated heterocycles. The molecule has 4 heteroatoms. The SMILES string of the molecule is O=C(O)c1cc(Cl)ccc1N1CC2(CCCCCC2)C1. The van der Waals surface area contributed by atoms with Crippen LogP contribution in [0.2, 0.25) is 5.02 Å². The van der Waals surface area contributed by atoms with Crippen molar-refractivity contribution < 1.29 is 9.90 Å². The second-order valence-corrected chi connectivity index (χ2v) is 6.67. The first kappa shape index (κ1) is 13.7. The van der Waals surface area contributed by atoms with Gasteiger partial charge in [-0.15, -0.1) is 0 Å². The van der Waals surface area contributed by atoms with E-state index in [0.717, 1.165) is 18.8 Å². The Morgan fingerprint density at radius 2 is 1.80 bits per heavy atom. The van der Waals surface area contributed by atoms with Gasteiger partial charge in [-0.25, -0.2) is 4.79 Å². The fourth-order valence-electron chi connectivity index (χ4n) is 3.68. The van der Waals surface area contributed by atoms with Gasteiger partial charge in [0.1, 0.15) is 0 Å². The minimum Gasteiger partial charge on any atom is -0.478 e. The number of rotatable bonds is 2. The Labute approximate surface area is 124 Å². The van der Waals surface area contributed by atoms with Crippen molar-refractivity contribution in [1.82, 2.24) is 0 Å². The van der Waals surface area contributed by atoms with Gasteiger partial charge in [0, 0.05) is 23.5 Å². The summed E-state index contributed by atoms with van der Waals surface area (Å²) in [6, 6.07) is 5.17. The molecule has 0 radical (unpaired) electrons. The quantitative estimate of drug-likeness (QED) is 0.888. The minimum atomic E-state index is -0.899. The molecule has 3 nitrogen and oxygen atoms in total. The molecule has 0 amide bonds. The van der Waals surface area contributed by atoms with Crippen molar-refractivity contribution in [2.24, 2.45) is 5.41 Å². The number of aromatic carboxylic acids is 1. The molecule has 0 unspecified atom stereocenters. The highest BCUT2D eigenvalue weighted by Crippen LogP contribution is 2.45. The van der Waals surface area contributed by atoms with E-state index in [2.05, 4.69) is 4.90 Å². The minimum absolute atomic E-state index is 0.320. The highest BCUT2D eigenvalue weighted by molar-refractivity contribution is 6.31. The Morgan fingerprint density at radius 3 is 2.40 bits per heavy atom. The third kappa shape index (κ3) is 2.51. The molecular weight excluding hydrogens is 274 g/mol. The molecule has 1 aromatic carbocycles. The number of carbonyl (C=O) groups is 1. The van der Waals surface area contributed by atoms with Crippen LogP contribution in [0, 0.1) is 5.41 Å². The number of anilines is 1. The molecule has 1 aliphatic heterocycles. The molecule has 0 bridgehead atoms. The number of hydrogen-bond acceptors (Lipinski definition) is 2. The van der Waals surface area contributed by atoms with E-state index in [9.17, 15) is 9.90 Å². The van der Waals surface area contributed by atoms with Crippen molar-refractivity contribution >= 4 is 23.3 Å². The molecule has 1 heterocycles. The maximum Gasteiger partial charge on any atom is 0.337 e. The van der Waals surface area contributed by atoms with E-state index >= 15 is 0 Å². The molecule has 0 aromatic heterocycles. The highest BCUT2D eigenvalue weighted by atomic mass is 35.5. The molecular formula is C16H20ClNO2. The number of carboxylic acid groups (broad SMARTS) is 1. The molecule has 1 aromatic rings. The lowest BCUT2D eigenvalue weighted by Crippen LogP contribution is -2.56. The summed E-state index contributed by atoms with van der Waals surface area (Å²) >= 11 is 5.91. The van der Waals surface area contributed by atoms with Gasteiger partial charge in [0.05, 0.1) is 11.3 Å². The average Bonchev–Trinajstić information content (AvgIpc) is 2.62. The number of halogens is 1. The smallest absolute Gasteiger partial charge is 0.337 e. The Bertz CT molecular complexity index is 513. The predicted octanol–water partition coefficient (Wildman–Crippen LogP) is 4.20. The molecule has 1 saturated carbocycles. The van der Waals surface area contributed by atoms with Gasteiger partial charge in [-0.3, -0.25) is 0 Å².